The first-order valence-corrected chi connectivity index (χ1v) is 9.09. The van der Waals surface area contributed by atoms with Gasteiger partial charge in [0.1, 0.15) is 12.4 Å². The molecule has 4 heteroatoms. The van der Waals surface area contributed by atoms with Gasteiger partial charge in [0, 0.05) is 17.3 Å². The van der Waals surface area contributed by atoms with E-state index in [1.165, 1.54) is 0 Å². The molecule has 0 radical (unpaired) electrons. The third-order valence-electron chi connectivity index (χ3n) is 4.68. The highest BCUT2D eigenvalue weighted by molar-refractivity contribution is 6.17. The molecule has 0 fully saturated rings. The van der Waals surface area contributed by atoms with Gasteiger partial charge in [-0.25, -0.2) is 0 Å². The van der Waals surface area contributed by atoms with Crippen LogP contribution in [0, 0.1) is 0 Å². The Balaban J connectivity index is 1.88. The van der Waals surface area contributed by atoms with Crippen molar-refractivity contribution in [3.05, 3.63) is 58.9 Å². The maximum absolute atomic E-state index is 6.14. The number of pyridine rings is 1. The molecule has 1 atom stereocenters. The molecule has 0 saturated carbocycles. The molecule has 2 aromatic rings. The number of ether oxygens (including phenoxy) is 2. The lowest BCUT2D eigenvalue weighted by Gasteiger charge is -2.24. The monoisotopic (exact) mass is 345 g/mol. The second kappa shape index (κ2) is 7.54. The maximum atomic E-state index is 6.14. The van der Waals surface area contributed by atoms with Crippen molar-refractivity contribution in [1.29, 1.82) is 0 Å². The molecule has 3 rings (SSSR count). The maximum Gasteiger partial charge on any atom is 0.148 e. The second-order valence-electron chi connectivity index (χ2n) is 6.46. The van der Waals surface area contributed by atoms with E-state index in [-0.39, 0.29) is 5.60 Å². The fourth-order valence-corrected chi connectivity index (χ4v) is 3.39. The Hall–Kier alpha value is -1.58. The molecule has 0 aliphatic carbocycles. The van der Waals surface area contributed by atoms with Gasteiger partial charge in [0.15, 0.2) is 0 Å². The normalized spacial score (nSPS) is 19.3. The predicted octanol–water partition coefficient (Wildman–Crippen LogP) is 5.34. The number of benzene rings is 1. The van der Waals surface area contributed by atoms with E-state index in [9.17, 15) is 0 Å². The Morgan fingerprint density at radius 3 is 2.79 bits per heavy atom. The molecule has 0 bridgehead atoms. The minimum Gasteiger partial charge on any atom is -0.487 e. The summed E-state index contributed by atoms with van der Waals surface area (Å²) in [5.74, 6) is 1.13. The van der Waals surface area contributed by atoms with Crippen molar-refractivity contribution >= 4 is 11.6 Å². The minimum absolute atomic E-state index is 0.270. The van der Waals surface area contributed by atoms with Gasteiger partial charge in [0.2, 0.25) is 0 Å². The molecule has 128 valence electrons. The first-order chi connectivity index (χ1) is 11.7. The number of nitrogens with zero attached hydrogens (tertiary/aromatic N) is 1. The smallest absolute Gasteiger partial charge is 0.148 e. The van der Waals surface area contributed by atoms with E-state index in [0.717, 1.165) is 47.4 Å². The lowest BCUT2D eigenvalue weighted by atomic mass is 9.90. The number of hydrogen-bond acceptors (Lipinski definition) is 3. The summed E-state index contributed by atoms with van der Waals surface area (Å²) in [6.07, 6.45) is 5.20. The third-order valence-corrected chi connectivity index (χ3v) is 4.93. The zero-order valence-corrected chi connectivity index (χ0v) is 15.1. The number of halogens is 1. The zero-order chi connectivity index (χ0) is 17.0. The molecule has 1 aromatic carbocycles. The first-order valence-electron chi connectivity index (χ1n) is 8.56. The molecule has 1 aliphatic rings. The Kier molecular flexibility index (Phi) is 5.42. The number of rotatable bonds is 7. The van der Waals surface area contributed by atoms with Crippen LogP contribution in [0.15, 0.2) is 36.5 Å². The molecule has 1 unspecified atom stereocenters. The van der Waals surface area contributed by atoms with Crippen LogP contribution >= 0.6 is 11.6 Å². The predicted molar refractivity (Wildman–Crippen MR) is 96.2 cm³/mol. The highest BCUT2D eigenvalue weighted by atomic mass is 35.5. The Labute approximate surface area is 149 Å². The van der Waals surface area contributed by atoms with Gasteiger partial charge in [-0.2, -0.15) is 0 Å². The molecule has 0 spiro atoms. The first kappa shape index (κ1) is 17.2. The van der Waals surface area contributed by atoms with Crippen LogP contribution in [-0.2, 0) is 29.4 Å². The largest absolute Gasteiger partial charge is 0.487 e. The number of hydrogen-bond donors (Lipinski definition) is 0. The fourth-order valence-electron chi connectivity index (χ4n) is 3.20. The van der Waals surface area contributed by atoms with Crippen molar-refractivity contribution in [2.75, 3.05) is 0 Å². The number of unbranched alkanes of at least 4 members (excludes halogenated alkanes) is 1. The fraction of sp³-hybridized carbons (Fsp3) is 0.450. The SMILES string of the molecule is CCCCC1(C)OCc2c1cnc(CCl)c2OCc1ccccc1. The highest BCUT2D eigenvalue weighted by Gasteiger charge is 2.38. The number of alkyl halides is 1. The van der Waals surface area contributed by atoms with Crippen molar-refractivity contribution < 1.29 is 9.47 Å². The summed E-state index contributed by atoms with van der Waals surface area (Å²) in [7, 11) is 0. The number of fused-ring (bicyclic) bond motifs is 1. The van der Waals surface area contributed by atoms with E-state index in [0.29, 0.717) is 19.1 Å². The third kappa shape index (κ3) is 3.42. The Morgan fingerprint density at radius 1 is 1.29 bits per heavy atom. The van der Waals surface area contributed by atoms with E-state index >= 15 is 0 Å². The Morgan fingerprint density at radius 2 is 2.08 bits per heavy atom. The molecule has 3 nitrogen and oxygen atoms in total. The van der Waals surface area contributed by atoms with E-state index in [2.05, 4.69) is 31.0 Å². The van der Waals surface area contributed by atoms with E-state index in [4.69, 9.17) is 21.1 Å². The molecule has 24 heavy (non-hydrogen) atoms. The molecular formula is C20H24ClNO2. The van der Waals surface area contributed by atoms with Gasteiger partial charge in [0.05, 0.1) is 23.8 Å². The highest BCUT2D eigenvalue weighted by Crippen LogP contribution is 2.44. The van der Waals surface area contributed by atoms with Gasteiger partial charge in [-0.1, -0.05) is 50.1 Å². The summed E-state index contributed by atoms with van der Waals surface area (Å²) >= 11 is 6.09. The second-order valence-corrected chi connectivity index (χ2v) is 6.72. The van der Waals surface area contributed by atoms with Crippen LogP contribution in [0.1, 0.15) is 55.5 Å². The van der Waals surface area contributed by atoms with Gasteiger partial charge in [-0.3, -0.25) is 4.98 Å². The van der Waals surface area contributed by atoms with Crippen LogP contribution in [0.4, 0.5) is 0 Å². The molecule has 0 amide bonds. The standard InChI is InChI=1S/C20H24ClNO2/c1-3-4-10-20(2)17-12-22-18(11-21)19(16(17)14-24-20)23-13-15-8-6-5-7-9-15/h5-9,12H,3-4,10-11,13-14H2,1-2H3. The van der Waals surface area contributed by atoms with Crippen molar-refractivity contribution in [3.63, 3.8) is 0 Å². The van der Waals surface area contributed by atoms with Gasteiger partial charge in [-0.15, -0.1) is 11.6 Å². The summed E-state index contributed by atoms with van der Waals surface area (Å²) in [6.45, 7) is 5.42. The van der Waals surface area contributed by atoms with Crippen molar-refractivity contribution in [1.82, 2.24) is 4.98 Å². The van der Waals surface area contributed by atoms with Crippen LogP contribution in [-0.4, -0.2) is 4.98 Å². The Bertz CT molecular complexity index is 690. The van der Waals surface area contributed by atoms with Crippen molar-refractivity contribution in [2.45, 2.75) is 57.8 Å². The average Bonchev–Trinajstić information content (AvgIpc) is 2.96. The van der Waals surface area contributed by atoms with Crippen molar-refractivity contribution in [2.24, 2.45) is 0 Å². The van der Waals surface area contributed by atoms with Crippen LogP contribution in [0.3, 0.4) is 0 Å². The van der Waals surface area contributed by atoms with E-state index in [1.807, 2.05) is 24.4 Å². The van der Waals surface area contributed by atoms with Crippen LogP contribution in [0.2, 0.25) is 0 Å². The van der Waals surface area contributed by atoms with Crippen LogP contribution in [0.25, 0.3) is 0 Å². The molecule has 1 aromatic heterocycles. The average molecular weight is 346 g/mol. The molecule has 1 aliphatic heterocycles. The minimum atomic E-state index is -0.270. The summed E-state index contributed by atoms with van der Waals surface area (Å²) in [4.78, 5) is 4.55. The topological polar surface area (TPSA) is 31.4 Å². The van der Waals surface area contributed by atoms with Gasteiger partial charge < -0.3 is 9.47 Å². The van der Waals surface area contributed by atoms with Gasteiger partial charge >= 0.3 is 0 Å². The number of aromatic nitrogens is 1. The quantitative estimate of drug-likeness (QED) is 0.635. The zero-order valence-electron chi connectivity index (χ0n) is 14.3. The van der Waals surface area contributed by atoms with Crippen LogP contribution < -0.4 is 4.74 Å². The summed E-state index contributed by atoms with van der Waals surface area (Å²) < 4.78 is 12.3. The van der Waals surface area contributed by atoms with Crippen molar-refractivity contribution in [3.8, 4) is 5.75 Å². The van der Waals surface area contributed by atoms with Gasteiger partial charge in [-0.05, 0) is 18.9 Å². The summed E-state index contributed by atoms with van der Waals surface area (Å²) in [6, 6.07) is 10.1. The lowest BCUT2D eigenvalue weighted by molar-refractivity contribution is -0.0313. The lowest BCUT2D eigenvalue weighted by Crippen LogP contribution is -2.20. The van der Waals surface area contributed by atoms with Gasteiger partial charge in [0.25, 0.3) is 0 Å². The molecular weight excluding hydrogens is 322 g/mol. The molecule has 0 saturated heterocycles. The molecule has 0 N–H and O–H groups in total. The summed E-state index contributed by atoms with van der Waals surface area (Å²) in [5, 5.41) is 0. The van der Waals surface area contributed by atoms with E-state index < -0.39 is 0 Å². The molecule has 2 heterocycles. The van der Waals surface area contributed by atoms with E-state index in [1.54, 1.807) is 0 Å². The van der Waals surface area contributed by atoms with Crippen LogP contribution in [0.5, 0.6) is 5.75 Å². The summed E-state index contributed by atoms with van der Waals surface area (Å²) in [5.41, 5.74) is 3.90.